The fraction of sp³-hybridized carbons (Fsp3) is 0.545. The lowest BCUT2D eigenvalue weighted by atomic mass is 9.96. The molecular weight excluding hydrogens is 327 g/mol. The fourth-order valence-electron chi connectivity index (χ4n) is 2.98. The second-order valence-corrected chi connectivity index (χ2v) is 6.67. The van der Waals surface area contributed by atoms with Gasteiger partial charge in [-0.25, -0.2) is 4.98 Å². The van der Waals surface area contributed by atoms with Crippen LogP contribution in [-0.4, -0.2) is 49.0 Å². The van der Waals surface area contributed by atoms with Gasteiger partial charge in [0.05, 0.1) is 12.9 Å². The van der Waals surface area contributed by atoms with E-state index in [-0.39, 0.29) is 18.4 Å². The molecule has 0 spiro atoms. The number of nitrogens with zero attached hydrogens (tertiary/aromatic N) is 4. The van der Waals surface area contributed by atoms with E-state index < -0.39 is 32.3 Å². The number of hydrogen-bond acceptors (Lipinski definition) is 10. The van der Waals surface area contributed by atoms with E-state index in [1.807, 2.05) is 0 Å². The van der Waals surface area contributed by atoms with Crippen LogP contribution in [0.2, 0.25) is 0 Å². The zero-order chi connectivity index (χ0) is 16.4. The third-order valence-corrected chi connectivity index (χ3v) is 4.87. The lowest BCUT2D eigenvalue weighted by Crippen LogP contribution is -2.46. The van der Waals surface area contributed by atoms with Gasteiger partial charge < -0.3 is 30.4 Å². The average Bonchev–Trinajstić information content (AvgIpc) is 2.99. The Hall–Kier alpha value is -1.78. The Labute approximate surface area is 130 Å². The highest BCUT2D eigenvalue weighted by Crippen LogP contribution is 2.48. The number of fused-ring (bicyclic) bond motifs is 2. The van der Waals surface area contributed by atoms with Gasteiger partial charge in [0, 0.05) is 0 Å². The summed E-state index contributed by atoms with van der Waals surface area (Å²) in [6.07, 6.45) is -0.809. The zero-order valence-corrected chi connectivity index (χ0v) is 13.0. The van der Waals surface area contributed by atoms with E-state index in [0.717, 1.165) is 0 Å². The van der Waals surface area contributed by atoms with Crippen LogP contribution in [0.4, 0.5) is 11.8 Å². The number of hydrogen-bond donors (Lipinski definition) is 3. The van der Waals surface area contributed by atoms with Crippen molar-refractivity contribution in [3.8, 4) is 0 Å². The van der Waals surface area contributed by atoms with E-state index in [0.29, 0.717) is 11.2 Å². The molecule has 2 saturated heterocycles. The maximum atomic E-state index is 11.5. The van der Waals surface area contributed by atoms with Crippen molar-refractivity contribution in [2.24, 2.45) is 0 Å². The van der Waals surface area contributed by atoms with E-state index in [1.165, 1.54) is 17.8 Å². The first-order valence-corrected chi connectivity index (χ1v) is 8.07. The van der Waals surface area contributed by atoms with Gasteiger partial charge in [0.15, 0.2) is 17.7 Å². The third-order valence-electron chi connectivity index (χ3n) is 4.02. The van der Waals surface area contributed by atoms with Crippen molar-refractivity contribution < 1.29 is 23.5 Å². The van der Waals surface area contributed by atoms with Gasteiger partial charge in [-0.2, -0.15) is 9.97 Å². The number of aromatic nitrogens is 4. The molecule has 0 radical (unpaired) electrons. The summed E-state index contributed by atoms with van der Waals surface area (Å²) in [5.74, 6) is 0.113. The smallest absolute Gasteiger partial charge is 0.319 e. The lowest BCUT2D eigenvalue weighted by molar-refractivity contribution is -0.0884. The summed E-state index contributed by atoms with van der Waals surface area (Å²) < 4.78 is 29.0. The molecule has 2 fully saturated rings. The van der Waals surface area contributed by atoms with Crippen LogP contribution in [0, 0.1) is 0 Å². The predicted molar refractivity (Wildman–Crippen MR) is 78.5 cm³/mol. The first-order valence-electron chi connectivity index (χ1n) is 6.84. The maximum absolute atomic E-state index is 11.5. The van der Waals surface area contributed by atoms with E-state index in [2.05, 4.69) is 15.0 Å². The summed E-state index contributed by atoms with van der Waals surface area (Å²) in [5, 5.41) is 10.9. The van der Waals surface area contributed by atoms with Crippen molar-refractivity contribution in [3.63, 3.8) is 0 Å². The van der Waals surface area contributed by atoms with Crippen LogP contribution in [0.15, 0.2) is 6.33 Å². The normalized spacial score (nSPS) is 37.1. The zero-order valence-electron chi connectivity index (χ0n) is 12.0. The Morgan fingerprint density at radius 1 is 1.48 bits per heavy atom. The summed E-state index contributed by atoms with van der Waals surface area (Å²) in [6, 6.07) is 0. The number of rotatable bonds is 1. The molecule has 2 aromatic rings. The fourth-order valence-corrected chi connectivity index (χ4v) is 3.94. The Balaban J connectivity index is 1.80. The highest BCUT2D eigenvalue weighted by Gasteiger charge is 2.57. The SMILES string of the molecule is C[C@@]1(O)[C@@H]2O[PH](=O)OC[C@H]2O[C@H]1n1cnc2c(N)nc(N)nc21. The van der Waals surface area contributed by atoms with Crippen molar-refractivity contribution >= 4 is 31.2 Å². The Kier molecular flexibility index (Phi) is 3.12. The quantitative estimate of drug-likeness (QED) is 0.573. The van der Waals surface area contributed by atoms with Gasteiger partial charge in [-0.05, 0) is 6.92 Å². The molecule has 0 bridgehead atoms. The monoisotopic (exact) mass is 342 g/mol. The van der Waals surface area contributed by atoms with Crippen LogP contribution in [0.5, 0.6) is 0 Å². The number of anilines is 2. The number of nitrogen functional groups attached to an aromatic ring is 2. The van der Waals surface area contributed by atoms with Crippen molar-refractivity contribution in [1.29, 1.82) is 0 Å². The minimum absolute atomic E-state index is 0.0172. The molecule has 4 rings (SSSR count). The Morgan fingerprint density at radius 2 is 2.26 bits per heavy atom. The highest BCUT2D eigenvalue weighted by molar-refractivity contribution is 7.33. The van der Waals surface area contributed by atoms with Gasteiger partial charge in [0.1, 0.15) is 23.3 Å². The molecule has 0 saturated carbocycles. The van der Waals surface area contributed by atoms with E-state index >= 15 is 0 Å². The summed E-state index contributed by atoms with van der Waals surface area (Å²) in [5.41, 5.74) is 10.6. The van der Waals surface area contributed by atoms with Gasteiger partial charge in [0.2, 0.25) is 5.95 Å². The Bertz CT molecular complexity index is 810. The van der Waals surface area contributed by atoms with Crippen molar-refractivity contribution in [1.82, 2.24) is 19.5 Å². The molecule has 0 amide bonds. The summed E-state index contributed by atoms with van der Waals surface area (Å²) in [6.45, 7) is 1.60. The molecule has 2 aromatic heterocycles. The van der Waals surface area contributed by atoms with Crippen LogP contribution in [0.1, 0.15) is 13.2 Å². The van der Waals surface area contributed by atoms with Crippen molar-refractivity contribution in [3.05, 3.63) is 6.33 Å². The molecule has 5 N–H and O–H groups in total. The van der Waals surface area contributed by atoms with Crippen LogP contribution >= 0.6 is 8.25 Å². The summed E-state index contributed by atoms with van der Waals surface area (Å²) in [4.78, 5) is 12.1. The van der Waals surface area contributed by atoms with Crippen LogP contribution in [-0.2, 0) is 18.3 Å². The molecular formula is C11H15N6O5P. The molecule has 2 aliphatic rings. The van der Waals surface area contributed by atoms with Crippen LogP contribution < -0.4 is 11.5 Å². The highest BCUT2D eigenvalue weighted by atomic mass is 31.1. The average molecular weight is 342 g/mol. The molecule has 4 heterocycles. The number of aliphatic hydroxyl groups is 1. The van der Waals surface area contributed by atoms with E-state index in [9.17, 15) is 9.67 Å². The minimum atomic E-state index is -2.64. The second kappa shape index (κ2) is 4.86. The van der Waals surface area contributed by atoms with E-state index in [4.69, 9.17) is 25.3 Å². The number of imidazole rings is 1. The predicted octanol–water partition coefficient (Wildman–Crippen LogP) is -0.556. The second-order valence-electron chi connectivity index (χ2n) is 5.64. The van der Waals surface area contributed by atoms with Crippen LogP contribution in [0.3, 0.4) is 0 Å². The molecule has 11 nitrogen and oxygen atoms in total. The van der Waals surface area contributed by atoms with Gasteiger partial charge >= 0.3 is 8.25 Å². The maximum Gasteiger partial charge on any atom is 0.319 e. The van der Waals surface area contributed by atoms with Gasteiger partial charge in [-0.15, -0.1) is 0 Å². The minimum Gasteiger partial charge on any atom is -0.383 e. The van der Waals surface area contributed by atoms with Gasteiger partial charge in [-0.1, -0.05) is 0 Å². The first-order chi connectivity index (χ1) is 10.9. The van der Waals surface area contributed by atoms with Crippen molar-refractivity contribution in [2.75, 3.05) is 18.1 Å². The molecule has 5 atom stereocenters. The molecule has 23 heavy (non-hydrogen) atoms. The summed E-state index contributed by atoms with van der Waals surface area (Å²) in [7, 11) is -2.64. The molecule has 0 aliphatic carbocycles. The van der Waals surface area contributed by atoms with Gasteiger partial charge in [0.25, 0.3) is 0 Å². The molecule has 1 unspecified atom stereocenters. The molecule has 124 valence electrons. The molecule has 0 aromatic carbocycles. The topological polar surface area (TPSA) is 161 Å². The van der Waals surface area contributed by atoms with E-state index in [1.54, 1.807) is 0 Å². The van der Waals surface area contributed by atoms with Crippen LogP contribution in [0.25, 0.3) is 11.2 Å². The lowest BCUT2D eigenvalue weighted by Gasteiger charge is -2.31. The Morgan fingerprint density at radius 3 is 3.04 bits per heavy atom. The third kappa shape index (κ3) is 2.12. The molecule has 2 aliphatic heterocycles. The molecule has 12 heteroatoms. The largest absolute Gasteiger partial charge is 0.383 e. The van der Waals surface area contributed by atoms with Gasteiger partial charge in [-0.3, -0.25) is 9.13 Å². The standard InChI is InChI=1S/C11H15N6O5P/c1-11(18)6-4(2-20-23(19)22-6)21-9(11)17-3-14-5-7(12)15-10(13)16-8(5)17/h3-4,6,9,18,23H,2H2,1H3,(H4,12,13,15,16)/t4-,6-,9-,11-/m1/s1. The number of ether oxygens (including phenoxy) is 1. The number of nitrogens with two attached hydrogens (primary N) is 2. The summed E-state index contributed by atoms with van der Waals surface area (Å²) >= 11 is 0. The first kappa shape index (κ1) is 14.8. The van der Waals surface area contributed by atoms with Crippen molar-refractivity contribution in [2.45, 2.75) is 31.0 Å².